The Bertz CT molecular complexity index is 1260. The summed E-state index contributed by atoms with van der Waals surface area (Å²) in [5, 5.41) is 9.39. The minimum Gasteiger partial charge on any atom is -0.324 e. The first kappa shape index (κ1) is 23.8. The number of nitriles is 1. The van der Waals surface area contributed by atoms with Gasteiger partial charge in [-0.3, -0.25) is 9.59 Å². The van der Waals surface area contributed by atoms with Crippen molar-refractivity contribution in [3.63, 3.8) is 0 Å². The van der Waals surface area contributed by atoms with E-state index in [9.17, 15) is 18.0 Å². The molecule has 2 rings (SSSR count). The molecule has 2 N–H and O–H groups in total. The Labute approximate surface area is 184 Å². The van der Waals surface area contributed by atoms with E-state index in [2.05, 4.69) is 16.5 Å². The lowest BCUT2D eigenvalue weighted by atomic mass is 10.2. The highest BCUT2D eigenvalue weighted by Crippen LogP contribution is 2.30. The Hall–Kier alpha value is -3.49. The molecule has 9 nitrogen and oxygen atoms in total. The van der Waals surface area contributed by atoms with Gasteiger partial charge in [-0.05, 0) is 38.1 Å². The van der Waals surface area contributed by atoms with Crippen molar-refractivity contribution in [2.75, 3.05) is 11.2 Å². The number of aryl methyl sites for hydroxylation is 1. The van der Waals surface area contributed by atoms with E-state index in [0.29, 0.717) is 27.0 Å². The number of nitrogens with one attached hydrogen (secondary N) is 2. The SMILES string of the molecule is C=C/C(=C\C=C(/C)C#N)N(Cc1cccc(=O)[nH]1)c1nc(C(=O)NS(C)(=O)=O)c(C)s1. The summed E-state index contributed by atoms with van der Waals surface area (Å²) in [4.78, 5) is 33.3. The largest absolute Gasteiger partial charge is 0.324 e. The molecule has 2 aromatic heterocycles. The molecule has 11 heteroatoms. The Morgan fingerprint density at radius 3 is 2.71 bits per heavy atom. The number of pyridine rings is 1. The van der Waals surface area contributed by atoms with Crippen LogP contribution in [0, 0.1) is 18.3 Å². The van der Waals surface area contributed by atoms with Crippen molar-refractivity contribution in [1.82, 2.24) is 14.7 Å². The number of hydrogen-bond acceptors (Lipinski definition) is 8. The monoisotopic (exact) mass is 459 g/mol. The molecule has 0 saturated heterocycles. The van der Waals surface area contributed by atoms with Crippen molar-refractivity contribution >= 4 is 32.4 Å². The van der Waals surface area contributed by atoms with Crippen LogP contribution in [0.1, 0.15) is 28.0 Å². The number of nitrogens with zero attached hydrogens (tertiary/aromatic N) is 3. The molecule has 0 spiro atoms. The standard InChI is InChI=1S/C20H21N5O4S2/c1-5-16(10-9-13(2)11-21)25(12-15-7-6-8-17(26)22-15)20-23-18(14(3)30-20)19(27)24-31(4,28)29/h5-10H,1,12H2,2-4H3,(H,22,26)(H,24,27)/b13-9+,16-10+. The fourth-order valence-corrected chi connectivity index (χ4v) is 3.83. The van der Waals surface area contributed by atoms with Gasteiger partial charge in [0, 0.05) is 27.9 Å². The maximum atomic E-state index is 12.3. The van der Waals surface area contributed by atoms with Crippen molar-refractivity contribution < 1.29 is 13.2 Å². The molecular weight excluding hydrogens is 438 g/mol. The third kappa shape index (κ3) is 6.77. The fraction of sp³-hybridized carbons (Fsp3) is 0.200. The normalized spacial score (nSPS) is 12.2. The molecular formula is C20H21N5O4S2. The van der Waals surface area contributed by atoms with Gasteiger partial charge in [0.2, 0.25) is 15.6 Å². The van der Waals surface area contributed by atoms with Crippen LogP contribution in [0.5, 0.6) is 0 Å². The summed E-state index contributed by atoms with van der Waals surface area (Å²) in [6.45, 7) is 7.30. The second kappa shape index (κ2) is 10.0. The van der Waals surface area contributed by atoms with E-state index in [1.54, 1.807) is 49.1 Å². The van der Waals surface area contributed by atoms with E-state index in [4.69, 9.17) is 5.26 Å². The van der Waals surface area contributed by atoms with Crippen LogP contribution in [-0.4, -0.2) is 30.5 Å². The Morgan fingerprint density at radius 1 is 1.42 bits per heavy atom. The van der Waals surface area contributed by atoms with Crippen molar-refractivity contribution in [3.8, 4) is 6.07 Å². The number of aromatic amines is 1. The number of amides is 1. The lowest BCUT2D eigenvalue weighted by Gasteiger charge is -2.22. The highest BCUT2D eigenvalue weighted by Gasteiger charge is 2.22. The van der Waals surface area contributed by atoms with Gasteiger partial charge in [-0.15, -0.1) is 11.3 Å². The quantitative estimate of drug-likeness (QED) is 0.457. The molecule has 0 saturated carbocycles. The predicted molar refractivity (Wildman–Crippen MR) is 120 cm³/mol. The van der Waals surface area contributed by atoms with E-state index >= 15 is 0 Å². The molecule has 0 unspecified atom stereocenters. The van der Waals surface area contributed by atoms with Crippen molar-refractivity contribution in [2.45, 2.75) is 20.4 Å². The van der Waals surface area contributed by atoms with Crippen molar-refractivity contribution in [1.29, 1.82) is 5.26 Å². The molecule has 0 fully saturated rings. The number of sulfonamides is 1. The van der Waals surface area contributed by atoms with Crippen LogP contribution < -0.4 is 15.2 Å². The second-order valence-electron chi connectivity index (χ2n) is 6.49. The van der Waals surface area contributed by atoms with Crippen LogP contribution >= 0.6 is 11.3 Å². The van der Waals surface area contributed by atoms with Gasteiger partial charge in [0.1, 0.15) is 5.69 Å². The summed E-state index contributed by atoms with van der Waals surface area (Å²) in [6, 6.07) is 6.75. The average Bonchev–Trinajstić information content (AvgIpc) is 3.07. The molecule has 0 atom stereocenters. The number of carbonyl (C=O) groups is 1. The fourth-order valence-electron chi connectivity index (χ4n) is 2.47. The van der Waals surface area contributed by atoms with Gasteiger partial charge in [-0.1, -0.05) is 12.6 Å². The summed E-state index contributed by atoms with van der Waals surface area (Å²) < 4.78 is 24.7. The van der Waals surface area contributed by atoms with Gasteiger partial charge >= 0.3 is 0 Å². The molecule has 0 aliphatic heterocycles. The number of carbonyl (C=O) groups excluding carboxylic acids is 1. The van der Waals surface area contributed by atoms with E-state index in [1.807, 2.05) is 10.8 Å². The third-order valence-corrected chi connectivity index (χ3v) is 5.42. The van der Waals surface area contributed by atoms with Gasteiger partial charge in [0.05, 0.1) is 18.9 Å². The van der Waals surface area contributed by atoms with E-state index < -0.39 is 15.9 Å². The number of thiazole rings is 1. The van der Waals surface area contributed by atoms with Gasteiger partial charge in [0.25, 0.3) is 5.91 Å². The van der Waals surface area contributed by atoms with Crippen LogP contribution in [0.25, 0.3) is 0 Å². The first-order chi connectivity index (χ1) is 14.5. The van der Waals surface area contributed by atoms with Crippen molar-refractivity contribution in [2.24, 2.45) is 0 Å². The van der Waals surface area contributed by atoms with Crippen LogP contribution in [0.3, 0.4) is 0 Å². The number of rotatable bonds is 8. The van der Waals surface area contributed by atoms with Crippen LogP contribution in [0.15, 0.2) is 59.1 Å². The maximum absolute atomic E-state index is 12.3. The highest BCUT2D eigenvalue weighted by atomic mass is 32.2. The number of anilines is 1. The summed E-state index contributed by atoms with van der Waals surface area (Å²) in [5.41, 5.74) is 1.31. The minimum absolute atomic E-state index is 0.0239. The zero-order valence-electron chi connectivity index (χ0n) is 17.2. The zero-order chi connectivity index (χ0) is 23.2. The summed E-state index contributed by atoms with van der Waals surface area (Å²) in [6.07, 6.45) is 5.71. The number of aromatic nitrogens is 2. The first-order valence-corrected chi connectivity index (χ1v) is 11.6. The van der Waals surface area contributed by atoms with Crippen LogP contribution in [0.4, 0.5) is 5.13 Å². The maximum Gasteiger partial charge on any atom is 0.284 e. The van der Waals surface area contributed by atoms with E-state index in [-0.39, 0.29) is 17.8 Å². The van der Waals surface area contributed by atoms with Gasteiger partial charge < -0.3 is 9.88 Å². The molecule has 0 radical (unpaired) electrons. The average molecular weight is 460 g/mol. The molecule has 1 amide bonds. The summed E-state index contributed by atoms with van der Waals surface area (Å²) in [7, 11) is -3.75. The lowest BCUT2D eigenvalue weighted by Crippen LogP contribution is -2.30. The Morgan fingerprint density at radius 2 is 2.13 bits per heavy atom. The molecule has 0 aliphatic rings. The Balaban J connectivity index is 2.56. The number of hydrogen-bond donors (Lipinski definition) is 2. The summed E-state index contributed by atoms with van der Waals surface area (Å²) >= 11 is 1.18. The van der Waals surface area contributed by atoms with Gasteiger partial charge in [0.15, 0.2) is 5.13 Å². The van der Waals surface area contributed by atoms with Gasteiger partial charge in [-0.25, -0.2) is 18.1 Å². The molecule has 0 bridgehead atoms. The molecule has 162 valence electrons. The highest BCUT2D eigenvalue weighted by molar-refractivity contribution is 7.89. The lowest BCUT2D eigenvalue weighted by molar-refractivity contribution is 0.0977. The topological polar surface area (TPSA) is 136 Å². The smallest absolute Gasteiger partial charge is 0.284 e. The Kier molecular flexibility index (Phi) is 7.68. The van der Waals surface area contributed by atoms with E-state index in [1.165, 1.54) is 17.4 Å². The van der Waals surface area contributed by atoms with Gasteiger partial charge in [-0.2, -0.15) is 5.26 Å². The molecule has 2 aromatic rings. The van der Waals surface area contributed by atoms with Crippen molar-refractivity contribution in [3.05, 3.63) is 80.9 Å². The molecule has 31 heavy (non-hydrogen) atoms. The molecule has 0 aliphatic carbocycles. The molecule has 0 aromatic carbocycles. The summed E-state index contributed by atoms with van der Waals surface area (Å²) in [5.74, 6) is -0.833. The molecule has 2 heterocycles. The minimum atomic E-state index is -3.75. The third-order valence-electron chi connectivity index (χ3n) is 3.87. The zero-order valence-corrected chi connectivity index (χ0v) is 18.8. The number of H-pyrrole nitrogens is 1. The van der Waals surface area contributed by atoms with Crippen LogP contribution in [-0.2, 0) is 16.6 Å². The van der Waals surface area contributed by atoms with Crippen LogP contribution in [0.2, 0.25) is 0 Å². The predicted octanol–water partition coefficient (Wildman–Crippen LogP) is 2.38. The number of allylic oxidation sites excluding steroid dienone is 4. The first-order valence-electron chi connectivity index (χ1n) is 8.90. The second-order valence-corrected chi connectivity index (χ2v) is 9.42. The van der Waals surface area contributed by atoms with E-state index in [0.717, 1.165) is 6.26 Å².